The minimum absolute atomic E-state index is 0.0486. The first-order valence-corrected chi connectivity index (χ1v) is 6.05. The summed E-state index contributed by atoms with van der Waals surface area (Å²) in [6.07, 6.45) is 1.61. The Balaban J connectivity index is 1.95. The van der Waals surface area contributed by atoms with Crippen LogP contribution in [0.2, 0.25) is 0 Å². The number of hydrogen-bond donors (Lipinski definition) is 2. The molecular formula is C14H12N4O2. The van der Waals surface area contributed by atoms with Gasteiger partial charge in [-0.25, -0.2) is 4.98 Å². The molecule has 2 aromatic heterocycles. The maximum absolute atomic E-state index is 12.1. The Kier molecular flexibility index (Phi) is 2.83. The van der Waals surface area contributed by atoms with Crippen molar-refractivity contribution in [2.45, 2.75) is 6.92 Å². The molecule has 0 radical (unpaired) electrons. The van der Waals surface area contributed by atoms with E-state index in [1.807, 2.05) is 13.0 Å². The number of rotatable bonds is 2. The minimum Gasteiger partial charge on any atom is -0.508 e. The summed E-state index contributed by atoms with van der Waals surface area (Å²) in [6, 6.07) is 9.65. The topological polar surface area (TPSA) is 79.5 Å². The number of nitrogens with zero attached hydrogens (tertiary/aromatic N) is 3. The van der Waals surface area contributed by atoms with Crippen LogP contribution in [0.5, 0.6) is 5.75 Å². The van der Waals surface area contributed by atoms with Crippen molar-refractivity contribution in [2.75, 3.05) is 5.32 Å². The van der Waals surface area contributed by atoms with Gasteiger partial charge < -0.3 is 10.4 Å². The third-order valence-electron chi connectivity index (χ3n) is 2.83. The zero-order chi connectivity index (χ0) is 14.1. The van der Waals surface area contributed by atoms with Gasteiger partial charge in [-0.15, -0.1) is 0 Å². The molecule has 0 saturated heterocycles. The third kappa shape index (κ3) is 2.18. The molecule has 0 bridgehead atoms. The van der Waals surface area contributed by atoms with Crippen LogP contribution in [0.1, 0.15) is 16.1 Å². The number of aryl methyl sites for hydroxylation is 1. The van der Waals surface area contributed by atoms with Gasteiger partial charge in [0.1, 0.15) is 11.6 Å². The van der Waals surface area contributed by atoms with Crippen molar-refractivity contribution < 1.29 is 9.90 Å². The second-order valence-corrected chi connectivity index (χ2v) is 4.39. The summed E-state index contributed by atoms with van der Waals surface area (Å²) in [4.78, 5) is 16.3. The van der Waals surface area contributed by atoms with Crippen LogP contribution >= 0.6 is 0 Å². The summed E-state index contributed by atoms with van der Waals surface area (Å²) in [6.45, 7) is 1.86. The highest BCUT2D eigenvalue weighted by molar-refractivity contribution is 6.04. The van der Waals surface area contributed by atoms with E-state index >= 15 is 0 Å². The summed E-state index contributed by atoms with van der Waals surface area (Å²) in [5, 5.41) is 16.4. The fourth-order valence-electron chi connectivity index (χ4n) is 1.94. The van der Waals surface area contributed by atoms with Gasteiger partial charge in [-0.1, -0.05) is 6.07 Å². The predicted molar refractivity (Wildman–Crippen MR) is 73.8 cm³/mol. The van der Waals surface area contributed by atoms with Crippen molar-refractivity contribution in [1.82, 2.24) is 14.6 Å². The fourth-order valence-corrected chi connectivity index (χ4v) is 1.94. The van der Waals surface area contributed by atoms with Gasteiger partial charge in [0.2, 0.25) is 0 Å². The Labute approximate surface area is 114 Å². The summed E-state index contributed by atoms with van der Waals surface area (Å²) < 4.78 is 1.57. The molecule has 6 nitrogen and oxygen atoms in total. The van der Waals surface area contributed by atoms with Gasteiger partial charge in [0.15, 0.2) is 5.65 Å². The Morgan fingerprint density at radius 3 is 2.95 bits per heavy atom. The summed E-state index contributed by atoms with van der Waals surface area (Å²) >= 11 is 0. The Morgan fingerprint density at radius 2 is 2.15 bits per heavy atom. The van der Waals surface area contributed by atoms with E-state index in [2.05, 4.69) is 15.4 Å². The van der Waals surface area contributed by atoms with Crippen LogP contribution in [0, 0.1) is 6.92 Å². The van der Waals surface area contributed by atoms with E-state index in [9.17, 15) is 9.90 Å². The number of fused-ring (bicyclic) bond motifs is 1. The number of benzene rings is 1. The van der Waals surface area contributed by atoms with Crippen molar-refractivity contribution >= 4 is 17.4 Å². The molecule has 0 atom stereocenters. The van der Waals surface area contributed by atoms with E-state index < -0.39 is 0 Å². The number of anilines is 1. The second kappa shape index (κ2) is 4.65. The second-order valence-electron chi connectivity index (χ2n) is 4.39. The zero-order valence-corrected chi connectivity index (χ0v) is 10.7. The Morgan fingerprint density at radius 1 is 1.30 bits per heavy atom. The van der Waals surface area contributed by atoms with E-state index in [0.29, 0.717) is 17.0 Å². The molecule has 0 fully saturated rings. The van der Waals surface area contributed by atoms with Gasteiger partial charge in [-0.3, -0.25) is 4.79 Å². The van der Waals surface area contributed by atoms with E-state index in [4.69, 9.17) is 0 Å². The van der Waals surface area contributed by atoms with Crippen LogP contribution in [0.15, 0.2) is 42.6 Å². The van der Waals surface area contributed by atoms with Gasteiger partial charge in [0.25, 0.3) is 5.91 Å². The Hall–Kier alpha value is -2.89. The average Bonchev–Trinajstić information content (AvgIpc) is 2.80. The van der Waals surface area contributed by atoms with Gasteiger partial charge >= 0.3 is 0 Å². The molecule has 3 rings (SSSR count). The molecule has 6 heteroatoms. The number of aromatic nitrogens is 3. The van der Waals surface area contributed by atoms with Crippen LogP contribution in [0.3, 0.4) is 0 Å². The first-order valence-electron chi connectivity index (χ1n) is 6.05. The number of carbonyl (C=O) groups excluding carboxylic acids is 1. The van der Waals surface area contributed by atoms with Crippen molar-refractivity contribution in [1.29, 1.82) is 0 Å². The Bertz CT molecular complexity index is 795. The standard InChI is InChI=1S/C14H12N4O2/c1-9-7-13-15-6-5-12(18(13)17-9)16-14(20)10-3-2-4-11(19)8-10/h2-8,19H,1H3,(H,16,20). The molecule has 20 heavy (non-hydrogen) atoms. The van der Waals surface area contributed by atoms with Gasteiger partial charge in [0, 0.05) is 17.8 Å². The fraction of sp³-hybridized carbons (Fsp3) is 0.0714. The molecule has 0 aliphatic heterocycles. The van der Waals surface area contributed by atoms with Crippen LogP contribution < -0.4 is 5.32 Å². The number of phenolic OH excluding ortho intramolecular Hbond substituents is 1. The number of nitrogens with one attached hydrogen (secondary N) is 1. The molecule has 0 aliphatic rings. The molecule has 1 aromatic carbocycles. The highest BCUT2D eigenvalue weighted by Crippen LogP contribution is 2.15. The van der Waals surface area contributed by atoms with Crippen LogP contribution in [0.25, 0.3) is 5.65 Å². The molecule has 2 N–H and O–H groups in total. The maximum atomic E-state index is 12.1. The maximum Gasteiger partial charge on any atom is 0.256 e. The minimum atomic E-state index is -0.318. The largest absolute Gasteiger partial charge is 0.508 e. The predicted octanol–water partition coefficient (Wildman–Crippen LogP) is 2.00. The molecule has 0 unspecified atom stereocenters. The highest BCUT2D eigenvalue weighted by Gasteiger charge is 2.10. The molecule has 100 valence electrons. The van der Waals surface area contributed by atoms with E-state index in [0.717, 1.165) is 5.69 Å². The lowest BCUT2D eigenvalue weighted by Gasteiger charge is -2.07. The van der Waals surface area contributed by atoms with Gasteiger partial charge in [0.05, 0.1) is 5.69 Å². The first kappa shape index (κ1) is 12.2. The number of carbonyl (C=O) groups is 1. The van der Waals surface area contributed by atoms with Crippen molar-refractivity contribution in [3.8, 4) is 5.75 Å². The lowest BCUT2D eigenvalue weighted by atomic mass is 10.2. The zero-order valence-electron chi connectivity index (χ0n) is 10.7. The smallest absolute Gasteiger partial charge is 0.256 e. The van der Waals surface area contributed by atoms with Crippen molar-refractivity contribution in [3.05, 3.63) is 53.9 Å². The van der Waals surface area contributed by atoms with Gasteiger partial charge in [-0.2, -0.15) is 9.61 Å². The number of aromatic hydroxyl groups is 1. The molecule has 2 heterocycles. The van der Waals surface area contributed by atoms with Crippen LogP contribution in [0.4, 0.5) is 5.82 Å². The van der Waals surface area contributed by atoms with E-state index in [-0.39, 0.29) is 11.7 Å². The monoisotopic (exact) mass is 268 g/mol. The SMILES string of the molecule is Cc1cc2nccc(NC(=O)c3cccc(O)c3)n2n1. The van der Waals surface area contributed by atoms with Crippen molar-refractivity contribution in [3.63, 3.8) is 0 Å². The summed E-state index contributed by atoms with van der Waals surface area (Å²) in [5.41, 5.74) is 1.85. The lowest BCUT2D eigenvalue weighted by molar-refractivity contribution is 0.102. The molecule has 3 aromatic rings. The lowest BCUT2D eigenvalue weighted by Crippen LogP contribution is -2.14. The first-order chi connectivity index (χ1) is 9.63. The number of phenols is 1. The van der Waals surface area contributed by atoms with Crippen molar-refractivity contribution in [2.24, 2.45) is 0 Å². The molecule has 0 aliphatic carbocycles. The molecular weight excluding hydrogens is 256 g/mol. The summed E-state index contributed by atoms with van der Waals surface area (Å²) in [5.74, 6) is 0.255. The highest BCUT2D eigenvalue weighted by atomic mass is 16.3. The van der Waals surface area contributed by atoms with E-state index in [1.165, 1.54) is 12.1 Å². The summed E-state index contributed by atoms with van der Waals surface area (Å²) in [7, 11) is 0. The molecule has 1 amide bonds. The number of hydrogen-bond acceptors (Lipinski definition) is 4. The van der Waals surface area contributed by atoms with Crippen LogP contribution in [-0.4, -0.2) is 25.6 Å². The van der Waals surface area contributed by atoms with Crippen LogP contribution in [-0.2, 0) is 0 Å². The molecule has 0 saturated carbocycles. The average molecular weight is 268 g/mol. The van der Waals surface area contributed by atoms with E-state index in [1.54, 1.807) is 28.9 Å². The third-order valence-corrected chi connectivity index (χ3v) is 2.83. The van der Waals surface area contributed by atoms with Gasteiger partial charge in [-0.05, 0) is 31.2 Å². The normalized spacial score (nSPS) is 10.7. The molecule has 0 spiro atoms. The number of amides is 1. The quantitative estimate of drug-likeness (QED) is 0.745.